The number of nitrogens with two attached hydrogens (primary N) is 1. The van der Waals surface area contributed by atoms with Crippen molar-refractivity contribution in [2.24, 2.45) is 0 Å². The summed E-state index contributed by atoms with van der Waals surface area (Å²) in [4.78, 5) is 19.7. The van der Waals surface area contributed by atoms with Crippen LogP contribution in [0.1, 0.15) is 56.1 Å². The molecule has 0 spiro atoms. The Morgan fingerprint density at radius 3 is 2.89 bits per heavy atom. The minimum atomic E-state index is -0.455. The van der Waals surface area contributed by atoms with Gasteiger partial charge in [0.05, 0.1) is 16.6 Å². The number of carbonyl (C=O) groups is 1. The summed E-state index contributed by atoms with van der Waals surface area (Å²) in [7, 11) is 0. The first kappa shape index (κ1) is 12.7. The van der Waals surface area contributed by atoms with Crippen LogP contribution in [0.3, 0.4) is 0 Å². The van der Waals surface area contributed by atoms with Gasteiger partial charge in [-0.1, -0.05) is 11.3 Å². The molecule has 2 N–H and O–H groups in total. The minimum Gasteiger partial charge on any atom is -0.444 e. The van der Waals surface area contributed by atoms with Crippen LogP contribution >= 0.6 is 11.3 Å². The second-order valence-electron chi connectivity index (χ2n) is 6.22. The van der Waals surface area contributed by atoms with Gasteiger partial charge in [0.15, 0.2) is 5.13 Å². The van der Waals surface area contributed by atoms with Gasteiger partial charge in [0.25, 0.3) is 0 Å². The topological polar surface area (TPSA) is 68.5 Å². The van der Waals surface area contributed by atoms with Gasteiger partial charge >= 0.3 is 6.09 Å². The Bertz CT molecular complexity index is 520. The number of carbonyl (C=O) groups excluding carboxylic acids is 1. The molecule has 5 nitrogen and oxygen atoms in total. The summed E-state index contributed by atoms with van der Waals surface area (Å²) in [6.07, 6.45) is 1.85. The van der Waals surface area contributed by atoms with Crippen LogP contribution in [0, 0.1) is 0 Å². The molecule has 4 rings (SSSR count). The zero-order valence-electron chi connectivity index (χ0n) is 11.5. The third-order valence-electron chi connectivity index (χ3n) is 3.60. The van der Waals surface area contributed by atoms with Crippen LogP contribution < -0.4 is 5.73 Å². The van der Waals surface area contributed by atoms with E-state index in [1.54, 1.807) is 0 Å². The van der Waals surface area contributed by atoms with E-state index in [9.17, 15) is 4.79 Å². The third kappa shape index (κ3) is 2.18. The molecular formula is C13H19N3O2S. The zero-order valence-corrected chi connectivity index (χ0v) is 12.3. The molecule has 2 aliphatic heterocycles. The van der Waals surface area contributed by atoms with Crippen molar-refractivity contribution in [1.82, 2.24) is 9.88 Å². The Kier molecular flexibility index (Phi) is 2.74. The molecule has 3 heterocycles. The van der Waals surface area contributed by atoms with E-state index in [1.807, 2.05) is 25.7 Å². The quantitative estimate of drug-likeness (QED) is 0.794. The molecule has 0 saturated carbocycles. The second-order valence-corrected chi connectivity index (χ2v) is 7.29. The fraction of sp³-hybridized carbons (Fsp3) is 0.692. The molecule has 1 saturated heterocycles. The SMILES string of the molecule is CC(C)(C)OC(=O)N1CC2CCC1c1sc(N)nc12. The highest BCUT2D eigenvalue weighted by Crippen LogP contribution is 2.49. The normalized spacial score (nSPS) is 25.3. The van der Waals surface area contributed by atoms with Gasteiger partial charge in [0.2, 0.25) is 0 Å². The maximum absolute atomic E-state index is 12.3. The number of fused-ring (bicyclic) bond motifs is 2. The fourth-order valence-corrected chi connectivity index (χ4v) is 3.95. The predicted molar refractivity (Wildman–Crippen MR) is 74.2 cm³/mol. The number of amides is 1. The van der Waals surface area contributed by atoms with Gasteiger partial charge < -0.3 is 10.5 Å². The molecule has 1 aromatic heterocycles. The van der Waals surface area contributed by atoms with Gasteiger partial charge in [0.1, 0.15) is 5.60 Å². The van der Waals surface area contributed by atoms with Crippen molar-refractivity contribution in [2.45, 2.75) is 51.2 Å². The molecule has 2 unspecified atom stereocenters. The van der Waals surface area contributed by atoms with Crippen molar-refractivity contribution in [3.05, 3.63) is 10.6 Å². The molecule has 0 aromatic carbocycles. The van der Waals surface area contributed by atoms with Crippen molar-refractivity contribution in [2.75, 3.05) is 12.3 Å². The van der Waals surface area contributed by atoms with Crippen LogP contribution in [0.2, 0.25) is 0 Å². The van der Waals surface area contributed by atoms with Gasteiger partial charge in [0, 0.05) is 12.5 Å². The Morgan fingerprint density at radius 2 is 2.21 bits per heavy atom. The van der Waals surface area contributed by atoms with E-state index in [0.29, 0.717) is 17.6 Å². The van der Waals surface area contributed by atoms with Crippen LogP contribution in [-0.2, 0) is 4.74 Å². The Hall–Kier alpha value is -1.30. The summed E-state index contributed by atoms with van der Waals surface area (Å²) < 4.78 is 5.49. The van der Waals surface area contributed by atoms with E-state index in [-0.39, 0.29) is 12.1 Å². The fourth-order valence-electron chi connectivity index (χ4n) is 2.88. The van der Waals surface area contributed by atoms with E-state index in [4.69, 9.17) is 10.5 Å². The number of thiazole rings is 1. The monoisotopic (exact) mass is 281 g/mol. The molecule has 2 atom stereocenters. The van der Waals surface area contributed by atoms with Crippen molar-refractivity contribution in [1.29, 1.82) is 0 Å². The maximum Gasteiger partial charge on any atom is 0.410 e. The van der Waals surface area contributed by atoms with Gasteiger partial charge in [-0.25, -0.2) is 9.78 Å². The van der Waals surface area contributed by atoms with E-state index in [1.165, 1.54) is 11.3 Å². The lowest BCUT2D eigenvalue weighted by Gasteiger charge is -2.44. The average molecular weight is 281 g/mol. The molecule has 1 amide bonds. The minimum absolute atomic E-state index is 0.102. The number of piperidine rings is 1. The van der Waals surface area contributed by atoms with Crippen LogP contribution in [0.5, 0.6) is 0 Å². The lowest BCUT2D eigenvalue weighted by Crippen LogP contribution is -2.47. The molecule has 19 heavy (non-hydrogen) atoms. The summed E-state index contributed by atoms with van der Waals surface area (Å²) in [6, 6.07) is 0.102. The molecule has 1 aromatic rings. The zero-order chi connectivity index (χ0) is 13.8. The number of nitrogen functional groups attached to an aromatic ring is 1. The average Bonchev–Trinajstić information content (AvgIpc) is 2.70. The first-order valence-corrected chi connectivity index (χ1v) is 7.42. The Labute approximate surface area is 116 Å². The summed E-state index contributed by atoms with van der Waals surface area (Å²) in [5, 5.41) is 0.605. The van der Waals surface area contributed by atoms with Crippen molar-refractivity contribution < 1.29 is 9.53 Å². The molecule has 2 bridgehead atoms. The molecule has 104 valence electrons. The van der Waals surface area contributed by atoms with E-state index in [0.717, 1.165) is 23.4 Å². The molecular weight excluding hydrogens is 262 g/mol. The van der Waals surface area contributed by atoms with Crippen molar-refractivity contribution in [3.8, 4) is 0 Å². The number of anilines is 1. The molecule has 1 aliphatic carbocycles. The number of hydrogen-bond donors (Lipinski definition) is 1. The third-order valence-corrected chi connectivity index (χ3v) is 4.60. The Morgan fingerprint density at radius 1 is 1.47 bits per heavy atom. The predicted octanol–water partition coefficient (Wildman–Crippen LogP) is 2.89. The van der Waals surface area contributed by atoms with Gasteiger partial charge in [-0.3, -0.25) is 4.90 Å². The van der Waals surface area contributed by atoms with Crippen LogP contribution in [0.4, 0.5) is 9.93 Å². The highest BCUT2D eigenvalue weighted by atomic mass is 32.1. The number of ether oxygens (including phenoxy) is 1. The summed E-state index contributed by atoms with van der Waals surface area (Å²) in [5.74, 6) is 0.320. The van der Waals surface area contributed by atoms with Crippen LogP contribution in [-0.4, -0.2) is 28.1 Å². The molecule has 6 heteroatoms. The highest BCUT2D eigenvalue weighted by Gasteiger charge is 2.44. The summed E-state index contributed by atoms with van der Waals surface area (Å²) >= 11 is 1.51. The van der Waals surface area contributed by atoms with Crippen molar-refractivity contribution in [3.63, 3.8) is 0 Å². The second kappa shape index (κ2) is 4.10. The molecule has 1 fully saturated rings. The van der Waals surface area contributed by atoms with Crippen LogP contribution in [0.15, 0.2) is 0 Å². The number of nitrogens with zero attached hydrogens (tertiary/aromatic N) is 2. The summed E-state index contributed by atoms with van der Waals surface area (Å²) in [5.41, 5.74) is 6.46. The Balaban J connectivity index is 1.86. The van der Waals surface area contributed by atoms with Gasteiger partial charge in [-0.2, -0.15) is 0 Å². The number of hydrogen-bond acceptors (Lipinski definition) is 5. The standard InChI is InChI=1S/C13H19N3O2S/c1-13(2,3)18-12(17)16-6-7-4-5-8(16)10-9(7)15-11(14)19-10/h7-8H,4-6H2,1-3H3,(H2,14,15). The number of rotatable bonds is 0. The lowest BCUT2D eigenvalue weighted by atomic mass is 9.82. The smallest absolute Gasteiger partial charge is 0.410 e. The van der Waals surface area contributed by atoms with E-state index < -0.39 is 5.60 Å². The highest BCUT2D eigenvalue weighted by molar-refractivity contribution is 7.15. The van der Waals surface area contributed by atoms with E-state index >= 15 is 0 Å². The lowest BCUT2D eigenvalue weighted by molar-refractivity contribution is 0.00362. The van der Waals surface area contributed by atoms with Gasteiger partial charge in [-0.15, -0.1) is 0 Å². The maximum atomic E-state index is 12.3. The first-order valence-electron chi connectivity index (χ1n) is 6.61. The number of aromatic nitrogens is 1. The molecule has 3 aliphatic rings. The van der Waals surface area contributed by atoms with Gasteiger partial charge in [-0.05, 0) is 33.6 Å². The van der Waals surface area contributed by atoms with Crippen molar-refractivity contribution >= 4 is 22.6 Å². The van der Waals surface area contributed by atoms with E-state index in [2.05, 4.69) is 4.98 Å². The molecule has 0 radical (unpaired) electrons. The summed E-state index contributed by atoms with van der Waals surface area (Å²) in [6.45, 7) is 6.38. The largest absolute Gasteiger partial charge is 0.444 e. The first-order chi connectivity index (χ1) is 8.85. The van der Waals surface area contributed by atoms with Crippen LogP contribution in [0.25, 0.3) is 0 Å².